The van der Waals surface area contributed by atoms with Crippen molar-refractivity contribution in [3.8, 4) is 0 Å². The molecule has 0 spiro atoms. The average molecular weight is 164 g/mol. The first-order chi connectivity index (χ1) is 5.84. The largest absolute Gasteiger partial charge is 0.324 e. The first kappa shape index (κ1) is 7.71. The van der Waals surface area contributed by atoms with Crippen molar-refractivity contribution >= 4 is 0 Å². The number of aromatic nitrogens is 1. The lowest BCUT2D eigenvalue weighted by molar-refractivity contribution is 0.590. The molecule has 0 aromatic carbocycles. The molecule has 0 saturated heterocycles. The molecule has 12 heavy (non-hydrogen) atoms. The molecule has 1 aliphatic rings. The number of hydrogen-bond donors (Lipinski definition) is 1. The minimum absolute atomic E-state index is 0.602. The van der Waals surface area contributed by atoms with Gasteiger partial charge in [-0.05, 0) is 31.4 Å². The fraction of sp³-hybridized carbons (Fsp3) is 0.600. The summed E-state index contributed by atoms with van der Waals surface area (Å²) in [6, 6.07) is 4.68. The van der Waals surface area contributed by atoms with Gasteiger partial charge in [0.05, 0.1) is 0 Å². The lowest BCUT2D eigenvalue weighted by Crippen LogP contribution is -2.24. The highest BCUT2D eigenvalue weighted by Crippen LogP contribution is 2.33. The van der Waals surface area contributed by atoms with Gasteiger partial charge in [0.25, 0.3) is 0 Å². The second-order valence-electron chi connectivity index (χ2n) is 3.80. The molecular formula is C10H16N2. The Labute approximate surface area is 73.6 Å². The first-order valence-corrected chi connectivity index (χ1v) is 4.74. The molecule has 1 N–H and O–H groups in total. The Morgan fingerprint density at radius 1 is 1.42 bits per heavy atom. The lowest BCUT2D eigenvalue weighted by Gasteiger charge is -2.15. The Hall–Kier alpha value is -0.920. The molecule has 0 bridgehead atoms. The smallest absolute Gasteiger partial charge is 0.0398 e. The Morgan fingerprint density at radius 3 is 2.67 bits per heavy atom. The predicted molar refractivity (Wildman–Crippen MR) is 50.6 cm³/mol. The molecule has 0 aliphatic heterocycles. The van der Waals surface area contributed by atoms with E-state index in [0.29, 0.717) is 6.04 Å². The fourth-order valence-electron chi connectivity index (χ4n) is 1.58. The van der Waals surface area contributed by atoms with E-state index in [4.69, 9.17) is 0 Å². The van der Waals surface area contributed by atoms with Crippen LogP contribution in [-0.2, 0) is 0 Å². The summed E-state index contributed by atoms with van der Waals surface area (Å²) in [4.78, 5) is 0. The van der Waals surface area contributed by atoms with E-state index in [1.165, 1.54) is 19.3 Å². The van der Waals surface area contributed by atoms with Crippen LogP contribution in [-0.4, -0.2) is 10.7 Å². The minimum Gasteiger partial charge on any atom is -0.324 e. The maximum Gasteiger partial charge on any atom is 0.0398 e. The van der Waals surface area contributed by atoms with Crippen molar-refractivity contribution in [1.82, 2.24) is 4.68 Å². The van der Waals surface area contributed by atoms with Gasteiger partial charge in [0.2, 0.25) is 0 Å². The van der Waals surface area contributed by atoms with E-state index in [-0.39, 0.29) is 0 Å². The Balaban J connectivity index is 1.77. The zero-order chi connectivity index (χ0) is 8.39. The van der Waals surface area contributed by atoms with E-state index in [0.717, 1.165) is 5.92 Å². The zero-order valence-electron chi connectivity index (χ0n) is 7.53. The van der Waals surface area contributed by atoms with Crippen LogP contribution in [0, 0.1) is 5.92 Å². The highest BCUT2D eigenvalue weighted by atomic mass is 15.4. The second-order valence-corrected chi connectivity index (χ2v) is 3.80. The Morgan fingerprint density at radius 2 is 2.08 bits per heavy atom. The van der Waals surface area contributed by atoms with Gasteiger partial charge in [-0.1, -0.05) is 12.8 Å². The molecule has 1 aromatic heterocycles. The molecule has 1 unspecified atom stereocenters. The molecule has 1 fully saturated rings. The van der Waals surface area contributed by atoms with Crippen LogP contribution in [0.15, 0.2) is 24.5 Å². The SMILES string of the molecule is CC(CC1CC1)Nn1cccc1. The predicted octanol–water partition coefficient (Wildman–Crippen LogP) is 2.22. The van der Waals surface area contributed by atoms with Crippen molar-refractivity contribution in [2.75, 3.05) is 5.43 Å². The quantitative estimate of drug-likeness (QED) is 0.722. The van der Waals surface area contributed by atoms with Crippen LogP contribution in [0.5, 0.6) is 0 Å². The van der Waals surface area contributed by atoms with Gasteiger partial charge in [0.1, 0.15) is 0 Å². The topological polar surface area (TPSA) is 17.0 Å². The van der Waals surface area contributed by atoms with Crippen LogP contribution < -0.4 is 5.43 Å². The third kappa shape index (κ3) is 2.03. The highest BCUT2D eigenvalue weighted by Gasteiger charge is 2.23. The fourth-order valence-corrected chi connectivity index (χ4v) is 1.58. The van der Waals surface area contributed by atoms with Crippen molar-refractivity contribution in [2.24, 2.45) is 5.92 Å². The monoisotopic (exact) mass is 164 g/mol. The molecule has 1 aliphatic carbocycles. The normalized spacial score (nSPS) is 19.1. The molecule has 66 valence electrons. The summed E-state index contributed by atoms with van der Waals surface area (Å²) in [5, 5.41) is 0. The molecule has 0 radical (unpaired) electrons. The van der Waals surface area contributed by atoms with Crippen molar-refractivity contribution < 1.29 is 0 Å². The number of nitrogens with zero attached hydrogens (tertiary/aromatic N) is 1. The third-order valence-corrected chi connectivity index (χ3v) is 2.36. The van der Waals surface area contributed by atoms with Gasteiger partial charge in [0.15, 0.2) is 0 Å². The number of nitrogens with one attached hydrogen (secondary N) is 1. The minimum atomic E-state index is 0.602. The van der Waals surface area contributed by atoms with Crippen LogP contribution in [0.2, 0.25) is 0 Å². The van der Waals surface area contributed by atoms with Gasteiger partial charge < -0.3 is 5.43 Å². The molecule has 1 saturated carbocycles. The second kappa shape index (κ2) is 3.21. The lowest BCUT2D eigenvalue weighted by atomic mass is 10.2. The van der Waals surface area contributed by atoms with Crippen LogP contribution >= 0.6 is 0 Å². The van der Waals surface area contributed by atoms with Crippen molar-refractivity contribution in [3.05, 3.63) is 24.5 Å². The molecule has 2 rings (SSSR count). The maximum absolute atomic E-state index is 3.41. The summed E-state index contributed by atoms with van der Waals surface area (Å²) < 4.78 is 2.03. The van der Waals surface area contributed by atoms with Crippen LogP contribution in [0.3, 0.4) is 0 Å². The molecule has 2 heteroatoms. The van der Waals surface area contributed by atoms with E-state index < -0.39 is 0 Å². The Bertz CT molecular complexity index is 224. The summed E-state index contributed by atoms with van der Waals surface area (Å²) in [7, 11) is 0. The van der Waals surface area contributed by atoms with Crippen LogP contribution in [0.25, 0.3) is 0 Å². The van der Waals surface area contributed by atoms with Crippen molar-refractivity contribution in [3.63, 3.8) is 0 Å². The van der Waals surface area contributed by atoms with Gasteiger partial charge >= 0.3 is 0 Å². The Kier molecular flexibility index (Phi) is 2.07. The molecule has 1 atom stereocenters. The maximum atomic E-state index is 3.41. The number of hydrogen-bond acceptors (Lipinski definition) is 1. The van der Waals surface area contributed by atoms with Gasteiger partial charge in [-0.2, -0.15) is 0 Å². The molecule has 1 aromatic rings. The van der Waals surface area contributed by atoms with Gasteiger partial charge in [-0.15, -0.1) is 0 Å². The third-order valence-electron chi connectivity index (χ3n) is 2.36. The molecular weight excluding hydrogens is 148 g/mol. The van der Waals surface area contributed by atoms with Crippen molar-refractivity contribution in [2.45, 2.75) is 32.2 Å². The van der Waals surface area contributed by atoms with E-state index in [9.17, 15) is 0 Å². The van der Waals surface area contributed by atoms with Gasteiger partial charge in [-0.3, -0.25) is 4.68 Å². The molecule has 1 heterocycles. The van der Waals surface area contributed by atoms with Gasteiger partial charge in [0, 0.05) is 18.4 Å². The summed E-state index contributed by atoms with van der Waals surface area (Å²) in [6.45, 7) is 2.25. The van der Waals surface area contributed by atoms with Crippen molar-refractivity contribution in [1.29, 1.82) is 0 Å². The summed E-state index contributed by atoms with van der Waals surface area (Å²) in [5.74, 6) is 1.00. The molecule has 0 amide bonds. The highest BCUT2D eigenvalue weighted by molar-refractivity contribution is 4.95. The summed E-state index contributed by atoms with van der Waals surface area (Å²) in [5.41, 5.74) is 3.41. The summed E-state index contributed by atoms with van der Waals surface area (Å²) in [6.07, 6.45) is 8.29. The van der Waals surface area contributed by atoms with Crippen LogP contribution in [0.4, 0.5) is 0 Å². The standard InChI is InChI=1S/C10H16N2/c1-9(8-10-4-5-10)11-12-6-2-3-7-12/h2-3,6-7,9-11H,4-5,8H2,1H3. The average Bonchev–Trinajstić information content (AvgIpc) is 2.66. The molecule has 2 nitrogen and oxygen atoms in total. The van der Waals surface area contributed by atoms with E-state index in [2.05, 4.69) is 12.3 Å². The van der Waals surface area contributed by atoms with Gasteiger partial charge in [-0.25, -0.2) is 0 Å². The van der Waals surface area contributed by atoms with Crippen LogP contribution in [0.1, 0.15) is 26.2 Å². The first-order valence-electron chi connectivity index (χ1n) is 4.74. The van der Waals surface area contributed by atoms with E-state index in [1.807, 2.05) is 29.2 Å². The van der Waals surface area contributed by atoms with E-state index in [1.54, 1.807) is 0 Å². The number of rotatable bonds is 4. The zero-order valence-corrected chi connectivity index (χ0v) is 7.53. The summed E-state index contributed by atoms with van der Waals surface area (Å²) >= 11 is 0. The van der Waals surface area contributed by atoms with E-state index >= 15 is 0 Å².